The minimum Gasteiger partial charge on any atom is -0.860 e. The third-order valence-corrected chi connectivity index (χ3v) is 3.68. The standard InChI is InChI=1S/C17H17NO2.Li/c1-12-16(13-8-4-3-5-9-13)18(17(12)19)14-10-6-7-11-15(14)20-2;/h3-11,16,19H,1-2H3;/q;+1/p-1. The first-order valence-electron chi connectivity index (χ1n) is 6.59. The smallest absolute Gasteiger partial charge is 0.860 e. The molecule has 3 nitrogen and oxygen atoms in total. The van der Waals surface area contributed by atoms with Crippen LogP contribution < -0.4 is 33.6 Å². The molecule has 0 radical (unpaired) electrons. The van der Waals surface area contributed by atoms with Crippen LogP contribution in [0.2, 0.25) is 0 Å². The van der Waals surface area contributed by atoms with Crippen molar-refractivity contribution in [1.29, 1.82) is 0 Å². The molecule has 0 spiro atoms. The number of para-hydroxylation sites is 2. The van der Waals surface area contributed by atoms with Crippen LogP contribution in [0.25, 0.3) is 0 Å². The van der Waals surface area contributed by atoms with E-state index >= 15 is 0 Å². The summed E-state index contributed by atoms with van der Waals surface area (Å²) in [5, 5.41) is 12.2. The fourth-order valence-corrected chi connectivity index (χ4v) is 2.66. The van der Waals surface area contributed by atoms with Gasteiger partial charge in [0.1, 0.15) is 5.75 Å². The molecular weight excluding hydrogens is 257 g/mol. The van der Waals surface area contributed by atoms with Crippen molar-refractivity contribution in [3.63, 3.8) is 0 Å². The number of methoxy groups -OCH3 is 1. The van der Waals surface area contributed by atoms with Gasteiger partial charge in [-0.15, -0.1) is 0 Å². The molecule has 1 unspecified atom stereocenters. The Balaban J connectivity index is 0.00000161. The van der Waals surface area contributed by atoms with Crippen molar-refractivity contribution in [1.82, 2.24) is 0 Å². The van der Waals surface area contributed by atoms with Gasteiger partial charge in [-0.25, -0.2) is 0 Å². The topological polar surface area (TPSA) is 35.5 Å². The summed E-state index contributed by atoms with van der Waals surface area (Å²) in [5.74, 6) is 0.776. The normalized spacial score (nSPS) is 17.0. The van der Waals surface area contributed by atoms with Crippen molar-refractivity contribution in [2.45, 2.75) is 13.0 Å². The number of benzene rings is 2. The van der Waals surface area contributed by atoms with Crippen molar-refractivity contribution < 1.29 is 28.7 Å². The summed E-state index contributed by atoms with van der Waals surface area (Å²) in [5.41, 5.74) is 2.80. The van der Waals surface area contributed by atoms with E-state index in [2.05, 4.69) is 0 Å². The van der Waals surface area contributed by atoms with E-state index < -0.39 is 0 Å². The second kappa shape index (κ2) is 6.30. The molecule has 1 aliphatic heterocycles. The summed E-state index contributed by atoms with van der Waals surface area (Å²) >= 11 is 0. The van der Waals surface area contributed by atoms with E-state index in [1.54, 1.807) is 12.0 Å². The fourth-order valence-electron chi connectivity index (χ4n) is 2.66. The minimum absolute atomic E-state index is 0. The van der Waals surface area contributed by atoms with Crippen molar-refractivity contribution >= 4 is 5.69 Å². The van der Waals surface area contributed by atoms with Crippen LogP contribution in [0, 0.1) is 0 Å². The summed E-state index contributed by atoms with van der Waals surface area (Å²) in [6.45, 7) is 1.89. The quantitative estimate of drug-likeness (QED) is 0.730. The molecule has 0 saturated carbocycles. The van der Waals surface area contributed by atoms with E-state index in [1.165, 1.54) is 0 Å². The van der Waals surface area contributed by atoms with Crippen LogP contribution in [0.3, 0.4) is 0 Å². The summed E-state index contributed by atoms with van der Waals surface area (Å²) in [4.78, 5) is 1.80. The van der Waals surface area contributed by atoms with Gasteiger partial charge in [-0.2, -0.15) is 0 Å². The van der Waals surface area contributed by atoms with Gasteiger partial charge >= 0.3 is 18.9 Å². The third kappa shape index (κ3) is 2.55. The van der Waals surface area contributed by atoms with Gasteiger partial charge in [0, 0.05) is 0 Å². The Morgan fingerprint density at radius 1 is 1.00 bits per heavy atom. The second-order valence-electron chi connectivity index (χ2n) is 4.84. The molecule has 0 fully saturated rings. The van der Waals surface area contributed by atoms with Crippen LogP contribution >= 0.6 is 0 Å². The van der Waals surface area contributed by atoms with Crippen LogP contribution in [0.15, 0.2) is 66.1 Å². The van der Waals surface area contributed by atoms with Gasteiger partial charge < -0.3 is 14.7 Å². The molecule has 21 heavy (non-hydrogen) atoms. The van der Waals surface area contributed by atoms with Crippen LogP contribution in [-0.4, -0.2) is 7.11 Å². The second-order valence-corrected chi connectivity index (χ2v) is 4.84. The summed E-state index contributed by atoms with van der Waals surface area (Å²) in [6, 6.07) is 17.7. The molecule has 0 aliphatic carbocycles. The monoisotopic (exact) mass is 273 g/mol. The van der Waals surface area contributed by atoms with Crippen molar-refractivity contribution in [2.24, 2.45) is 0 Å². The number of hydrogen-bond acceptors (Lipinski definition) is 3. The molecule has 4 heteroatoms. The van der Waals surface area contributed by atoms with E-state index in [-0.39, 0.29) is 30.8 Å². The maximum atomic E-state index is 12.2. The molecule has 1 aliphatic rings. The zero-order valence-corrected chi connectivity index (χ0v) is 12.5. The average Bonchev–Trinajstić information content (AvgIpc) is 2.52. The molecule has 0 aromatic heterocycles. The maximum absolute atomic E-state index is 12.2. The number of hydrogen-bond donors (Lipinski definition) is 0. The van der Waals surface area contributed by atoms with Crippen molar-refractivity contribution in [2.75, 3.05) is 12.0 Å². The van der Waals surface area contributed by atoms with Crippen LogP contribution in [0.1, 0.15) is 18.5 Å². The Morgan fingerprint density at radius 2 is 1.62 bits per heavy atom. The Morgan fingerprint density at radius 3 is 2.29 bits per heavy atom. The zero-order chi connectivity index (χ0) is 14.1. The van der Waals surface area contributed by atoms with Gasteiger partial charge in [0.2, 0.25) is 0 Å². The van der Waals surface area contributed by atoms with E-state index in [1.807, 2.05) is 61.5 Å². The molecule has 0 saturated heterocycles. The Hall–Kier alpha value is -1.82. The summed E-state index contributed by atoms with van der Waals surface area (Å²) < 4.78 is 5.37. The van der Waals surface area contributed by atoms with Crippen molar-refractivity contribution in [3.8, 4) is 5.75 Å². The molecule has 1 atom stereocenters. The number of anilines is 1. The van der Waals surface area contributed by atoms with Crippen molar-refractivity contribution in [3.05, 3.63) is 71.6 Å². The summed E-state index contributed by atoms with van der Waals surface area (Å²) in [7, 11) is 1.62. The first kappa shape index (κ1) is 15.6. The van der Waals surface area contributed by atoms with Crippen LogP contribution in [-0.2, 0) is 0 Å². The molecule has 0 amide bonds. The molecule has 1 heterocycles. The van der Waals surface area contributed by atoms with E-state index in [9.17, 15) is 5.11 Å². The largest absolute Gasteiger partial charge is 1.00 e. The molecule has 2 aromatic rings. The molecule has 3 rings (SSSR count). The molecule has 0 N–H and O–H groups in total. The van der Waals surface area contributed by atoms with Gasteiger partial charge in [0.15, 0.2) is 0 Å². The first-order chi connectivity index (χ1) is 9.74. The minimum atomic E-state index is -0.000000000000000444. The number of rotatable bonds is 3. The van der Waals surface area contributed by atoms with E-state index in [0.29, 0.717) is 5.75 Å². The average molecular weight is 273 g/mol. The van der Waals surface area contributed by atoms with E-state index in [0.717, 1.165) is 16.8 Å². The number of nitrogens with zero attached hydrogens (tertiary/aromatic N) is 1. The third-order valence-electron chi connectivity index (χ3n) is 3.68. The fraction of sp³-hybridized carbons (Fsp3) is 0.176. The van der Waals surface area contributed by atoms with Gasteiger partial charge in [-0.3, -0.25) is 0 Å². The van der Waals surface area contributed by atoms with Gasteiger partial charge in [0.25, 0.3) is 0 Å². The maximum Gasteiger partial charge on any atom is 1.00 e. The summed E-state index contributed by atoms with van der Waals surface area (Å²) in [6.07, 6.45) is 0. The first-order valence-corrected chi connectivity index (χ1v) is 6.59. The molecule has 0 bridgehead atoms. The Bertz CT molecular complexity index is 655. The van der Waals surface area contributed by atoms with E-state index in [4.69, 9.17) is 4.74 Å². The van der Waals surface area contributed by atoms with Crippen LogP contribution in [0.4, 0.5) is 5.69 Å². The van der Waals surface area contributed by atoms with Crippen LogP contribution in [0.5, 0.6) is 5.75 Å². The van der Waals surface area contributed by atoms with Gasteiger partial charge in [-0.05, 0) is 36.1 Å². The predicted octanol–water partition coefficient (Wildman–Crippen LogP) is -0.148. The SMILES string of the molecule is COc1ccccc1N1C([O-])=C(C)C1c1ccccc1.[Li+]. The Labute approximate surface area is 137 Å². The zero-order valence-electron chi connectivity index (χ0n) is 12.5. The molecule has 2 aromatic carbocycles. The van der Waals surface area contributed by atoms with Gasteiger partial charge in [-0.1, -0.05) is 42.5 Å². The predicted molar refractivity (Wildman–Crippen MR) is 77.4 cm³/mol. The molecular formula is C17H16LiNO2. The Kier molecular flexibility index (Phi) is 4.67. The molecule has 102 valence electrons. The van der Waals surface area contributed by atoms with Gasteiger partial charge in [0.05, 0.1) is 18.8 Å². The number of ether oxygens (including phenoxy) is 1.